The smallest absolute Gasteiger partial charge is 0.257 e. The number of aromatic nitrogens is 1. The lowest BCUT2D eigenvalue weighted by Crippen LogP contribution is -2.15. The molecule has 1 aliphatic rings. The van der Waals surface area contributed by atoms with Crippen molar-refractivity contribution in [3.63, 3.8) is 0 Å². The molecule has 0 saturated carbocycles. The lowest BCUT2D eigenvalue weighted by molar-refractivity contribution is 0.102. The largest absolute Gasteiger partial charge is 0.313 e. The topological polar surface area (TPSA) is 59.1 Å². The van der Waals surface area contributed by atoms with Crippen molar-refractivity contribution in [1.29, 1.82) is 0 Å². The van der Waals surface area contributed by atoms with E-state index < -0.39 is 0 Å². The van der Waals surface area contributed by atoms with Gasteiger partial charge in [0.2, 0.25) is 0 Å². The summed E-state index contributed by atoms with van der Waals surface area (Å²) in [7, 11) is 0. The molecule has 27 heavy (non-hydrogen) atoms. The molecule has 2 heterocycles. The Morgan fingerprint density at radius 3 is 2.56 bits per heavy atom. The Hall–Kier alpha value is -2.31. The van der Waals surface area contributed by atoms with Crippen LogP contribution in [0.2, 0.25) is 0 Å². The van der Waals surface area contributed by atoms with E-state index in [-0.39, 0.29) is 11.7 Å². The van der Waals surface area contributed by atoms with Crippen LogP contribution in [0.5, 0.6) is 0 Å². The minimum absolute atomic E-state index is 0.0385. The maximum absolute atomic E-state index is 13.3. The number of ketones is 1. The van der Waals surface area contributed by atoms with Crippen LogP contribution < -0.4 is 5.32 Å². The average Bonchev–Trinajstić information content (AvgIpc) is 3.06. The average molecular weight is 441 g/mol. The van der Waals surface area contributed by atoms with Gasteiger partial charge in [-0.1, -0.05) is 15.9 Å². The maximum Gasteiger partial charge on any atom is 0.257 e. The van der Waals surface area contributed by atoms with Gasteiger partial charge in [-0.2, -0.15) is 0 Å². The van der Waals surface area contributed by atoms with E-state index in [1.165, 1.54) is 22.4 Å². The number of amides is 1. The summed E-state index contributed by atoms with van der Waals surface area (Å²) in [5.41, 5.74) is 2.85. The van der Waals surface area contributed by atoms with E-state index >= 15 is 0 Å². The van der Waals surface area contributed by atoms with Crippen LogP contribution in [0.4, 0.5) is 5.00 Å². The van der Waals surface area contributed by atoms with Crippen molar-refractivity contribution in [2.75, 3.05) is 5.32 Å². The van der Waals surface area contributed by atoms with Gasteiger partial charge in [0, 0.05) is 27.3 Å². The molecule has 0 aliphatic heterocycles. The lowest BCUT2D eigenvalue weighted by atomic mass is 9.92. The van der Waals surface area contributed by atoms with Crippen molar-refractivity contribution in [3.8, 4) is 0 Å². The lowest BCUT2D eigenvalue weighted by Gasteiger charge is -2.12. The highest BCUT2D eigenvalue weighted by Crippen LogP contribution is 2.39. The van der Waals surface area contributed by atoms with Gasteiger partial charge in [-0.3, -0.25) is 14.6 Å². The van der Waals surface area contributed by atoms with Crippen LogP contribution in [0.15, 0.2) is 53.3 Å². The van der Waals surface area contributed by atoms with Crippen molar-refractivity contribution in [1.82, 2.24) is 4.98 Å². The zero-order valence-electron chi connectivity index (χ0n) is 14.5. The second kappa shape index (κ2) is 7.74. The second-order valence-corrected chi connectivity index (χ2v) is 8.47. The van der Waals surface area contributed by atoms with Crippen LogP contribution in [-0.4, -0.2) is 16.7 Å². The van der Waals surface area contributed by atoms with Crippen LogP contribution in [0, 0.1) is 0 Å². The van der Waals surface area contributed by atoms with Crippen molar-refractivity contribution >= 4 is 44.0 Å². The summed E-state index contributed by atoms with van der Waals surface area (Å²) in [6, 6.07) is 10.8. The van der Waals surface area contributed by atoms with Gasteiger partial charge in [0.05, 0.1) is 11.1 Å². The van der Waals surface area contributed by atoms with Crippen LogP contribution >= 0.6 is 27.3 Å². The fraction of sp³-hybridized carbons (Fsp3) is 0.190. The Balaban J connectivity index is 1.73. The van der Waals surface area contributed by atoms with Crippen LogP contribution in [-0.2, 0) is 12.8 Å². The van der Waals surface area contributed by atoms with E-state index in [4.69, 9.17) is 0 Å². The molecule has 0 unspecified atom stereocenters. The van der Waals surface area contributed by atoms with Crippen LogP contribution in [0.1, 0.15) is 49.6 Å². The van der Waals surface area contributed by atoms with Crippen LogP contribution in [0.25, 0.3) is 0 Å². The molecule has 4 nitrogen and oxygen atoms in total. The summed E-state index contributed by atoms with van der Waals surface area (Å²) >= 11 is 4.93. The number of pyridine rings is 1. The summed E-state index contributed by atoms with van der Waals surface area (Å²) in [5.74, 6) is -0.282. The van der Waals surface area contributed by atoms with Crippen molar-refractivity contribution < 1.29 is 9.59 Å². The maximum atomic E-state index is 13.3. The first-order valence-electron chi connectivity index (χ1n) is 8.79. The van der Waals surface area contributed by atoms with Gasteiger partial charge >= 0.3 is 0 Å². The predicted molar refractivity (Wildman–Crippen MR) is 111 cm³/mol. The van der Waals surface area contributed by atoms with Gasteiger partial charge in [-0.15, -0.1) is 11.3 Å². The van der Waals surface area contributed by atoms with E-state index in [1.54, 1.807) is 18.3 Å². The number of hydrogen-bond acceptors (Lipinski definition) is 4. The number of benzene rings is 1. The first-order valence-corrected chi connectivity index (χ1v) is 10.4. The van der Waals surface area contributed by atoms with E-state index in [0.717, 1.165) is 35.7 Å². The summed E-state index contributed by atoms with van der Waals surface area (Å²) in [5, 5.41) is 3.60. The van der Waals surface area contributed by atoms with Crippen molar-refractivity contribution in [2.24, 2.45) is 0 Å². The highest BCUT2D eigenvalue weighted by molar-refractivity contribution is 9.10. The number of carbonyl (C=O) groups excluding carboxylic acids is 2. The van der Waals surface area contributed by atoms with E-state index in [9.17, 15) is 9.59 Å². The number of thiophene rings is 1. The second-order valence-electron chi connectivity index (χ2n) is 6.45. The van der Waals surface area contributed by atoms with Gasteiger partial charge in [0.15, 0.2) is 5.78 Å². The zero-order chi connectivity index (χ0) is 18.8. The van der Waals surface area contributed by atoms with Crippen LogP contribution in [0.3, 0.4) is 0 Å². The molecule has 6 heteroatoms. The molecular formula is C21H17BrN2O2S. The first kappa shape index (κ1) is 18.1. The van der Waals surface area contributed by atoms with Gasteiger partial charge in [-0.25, -0.2) is 0 Å². The zero-order valence-corrected chi connectivity index (χ0v) is 16.9. The number of hydrogen-bond donors (Lipinski definition) is 1. The molecule has 0 atom stereocenters. The summed E-state index contributed by atoms with van der Waals surface area (Å²) in [4.78, 5) is 31.1. The number of anilines is 1. The monoisotopic (exact) mass is 440 g/mol. The third-order valence-electron chi connectivity index (χ3n) is 4.66. The van der Waals surface area contributed by atoms with Crippen molar-refractivity contribution in [2.45, 2.75) is 25.7 Å². The minimum atomic E-state index is -0.244. The minimum Gasteiger partial charge on any atom is -0.313 e. The molecule has 1 amide bonds. The molecule has 0 fully saturated rings. The van der Waals surface area contributed by atoms with Gasteiger partial charge in [-0.05, 0) is 67.6 Å². The summed E-state index contributed by atoms with van der Waals surface area (Å²) in [6.45, 7) is 0. The van der Waals surface area contributed by atoms with E-state index in [1.807, 2.05) is 24.3 Å². The fourth-order valence-electron chi connectivity index (χ4n) is 3.31. The molecule has 0 spiro atoms. The quantitative estimate of drug-likeness (QED) is 0.562. The highest BCUT2D eigenvalue weighted by Gasteiger charge is 2.27. The number of nitrogens with one attached hydrogen (secondary N) is 1. The normalized spacial score (nSPS) is 13.1. The molecule has 2 aromatic heterocycles. The first-order chi connectivity index (χ1) is 13.1. The summed E-state index contributed by atoms with van der Waals surface area (Å²) in [6.07, 6.45) is 7.19. The fourth-order valence-corrected chi connectivity index (χ4v) is 4.86. The Labute approximate surface area is 169 Å². The number of halogens is 1. The molecule has 1 aliphatic carbocycles. The highest BCUT2D eigenvalue weighted by atomic mass is 79.9. The SMILES string of the molecule is O=C(Nc1sc2c(c1C(=O)c1ccc(Br)cc1)CCCC2)c1cccnc1. The number of aryl methyl sites for hydroxylation is 1. The third kappa shape index (κ3) is 3.73. The number of rotatable bonds is 4. The standard InChI is InChI=1S/C21H17BrN2O2S/c22-15-9-7-13(8-10-15)19(25)18-16-5-1-2-6-17(16)27-21(18)24-20(26)14-4-3-11-23-12-14/h3-4,7-12H,1-2,5-6H2,(H,24,26). The molecule has 4 rings (SSSR count). The molecule has 3 aromatic rings. The van der Waals surface area contributed by atoms with Gasteiger partial charge in [0.25, 0.3) is 5.91 Å². The molecule has 1 N–H and O–H groups in total. The molecule has 136 valence electrons. The molecular weight excluding hydrogens is 424 g/mol. The van der Waals surface area contributed by atoms with Gasteiger partial charge < -0.3 is 5.32 Å². The van der Waals surface area contributed by atoms with E-state index in [0.29, 0.717) is 21.7 Å². The summed E-state index contributed by atoms with van der Waals surface area (Å²) < 4.78 is 0.927. The van der Waals surface area contributed by atoms with E-state index in [2.05, 4.69) is 26.2 Å². The number of fused-ring (bicyclic) bond motifs is 1. The van der Waals surface area contributed by atoms with Crippen molar-refractivity contribution in [3.05, 3.63) is 80.4 Å². The Morgan fingerprint density at radius 2 is 1.81 bits per heavy atom. The molecule has 0 bridgehead atoms. The Morgan fingerprint density at radius 1 is 1.04 bits per heavy atom. The molecule has 1 aromatic carbocycles. The van der Waals surface area contributed by atoms with Gasteiger partial charge in [0.1, 0.15) is 5.00 Å². The molecule has 0 radical (unpaired) electrons. The number of nitrogens with zero attached hydrogens (tertiary/aromatic N) is 1. The predicted octanol–water partition coefficient (Wildman–Crippen LogP) is 5.27. The third-order valence-corrected chi connectivity index (χ3v) is 6.39. The number of carbonyl (C=O) groups is 2. The Bertz CT molecular complexity index is 997. The molecule has 0 saturated heterocycles. The Kier molecular flexibility index (Phi) is 5.18.